The second kappa shape index (κ2) is 16.9. The molecule has 0 radical (unpaired) electrons. The fourth-order valence-electron chi connectivity index (χ4n) is 6.84. The van der Waals surface area contributed by atoms with Gasteiger partial charge in [0, 0.05) is 11.7 Å². The number of carbonyl (C=O) groups excluding carboxylic acids is 4. The summed E-state index contributed by atoms with van der Waals surface area (Å²) >= 11 is 1.49. The van der Waals surface area contributed by atoms with Crippen molar-refractivity contribution in [2.24, 2.45) is 0 Å². The molecule has 0 aliphatic heterocycles. The summed E-state index contributed by atoms with van der Waals surface area (Å²) in [7, 11) is 1.22. The number of rotatable bonds is 14. The first-order valence-electron chi connectivity index (χ1n) is 17.7. The molecule has 54 heavy (non-hydrogen) atoms. The van der Waals surface area contributed by atoms with Crippen molar-refractivity contribution in [1.82, 2.24) is 16.0 Å². The van der Waals surface area contributed by atoms with Gasteiger partial charge in [-0.25, -0.2) is 4.79 Å². The summed E-state index contributed by atoms with van der Waals surface area (Å²) < 4.78 is 9.74. The SMILES string of the molecule is COC(=O)CNC(=O)C(C)(C)NC(=O)[C@@H](CSC(c1ccccc1)(c1ccccc1)c1ccccc1)NC(=O)OCC1c2ccccc2-c2ccccc21. The second-order valence-corrected chi connectivity index (χ2v) is 14.7. The number of benzene rings is 5. The van der Waals surface area contributed by atoms with Crippen LogP contribution in [0.2, 0.25) is 0 Å². The molecule has 5 aromatic carbocycles. The molecule has 3 N–H and O–H groups in total. The summed E-state index contributed by atoms with van der Waals surface area (Å²) in [5.74, 6) is -1.91. The van der Waals surface area contributed by atoms with E-state index in [2.05, 4.69) is 69.2 Å². The van der Waals surface area contributed by atoms with Gasteiger partial charge < -0.3 is 25.4 Å². The first-order chi connectivity index (χ1) is 26.1. The Morgan fingerprint density at radius 1 is 0.685 bits per heavy atom. The molecule has 5 aromatic rings. The zero-order valence-electron chi connectivity index (χ0n) is 30.4. The van der Waals surface area contributed by atoms with Crippen LogP contribution in [-0.4, -0.2) is 61.5 Å². The number of nitrogens with one attached hydrogen (secondary N) is 3. The van der Waals surface area contributed by atoms with E-state index in [1.807, 2.05) is 91.0 Å². The molecular weight excluding hydrogens is 699 g/mol. The molecule has 6 rings (SSSR count). The lowest BCUT2D eigenvalue weighted by Gasteiger charge is -2.37. The molecule has 0 bridgehead atoms. The highest BCUT2D eigenvalue weighted by Gasteiger charge is 2.40. The summed E-state index contributed by atoms with van der Waals surface area (Å²) in [5, 5.41) is 8.13. The van der Waals surface area contributed by atoms with Crippen molar-refractivity contribution in [3.8, 4) is 11.1 Å². The van der Waals surface area contributed by atoms with Crippen LogP contribution in [0.4, 0.5) is 4.79 Å². The van der Waals surface area contributed by atoms with E-state index < -0.39 is 40.2 Å². The lowest BCUT2D eigenvalue weighted by molar-refractivity contribution is -0.142. The van der Waals surface area contributed by atoms with Gasteiger partial charge in [0.1, 0.15) is 24.7 Å². The maximum Gasteiger partial charge on any atom is 0.407 e. The summed E-state index contributed by atoms with van der Waals surface area (Å²) in [6, 6.07) is 45.0. The number of amides is 3. The molecule has 0 spiro atoms. The van der Waals surface area contributed by atoms with Crippen LogP contribution < -0.4 is 16.0 Å². The quantitative estimate of drug-likeness (QED) is 0.0846. The topological polar surface area (TPSA) is 123 Å². The maximum absolute atomic E-state index is 14.2. The molecule has 0 saturated carbocycles. The summed E-state index contributed by atoms with van der Waals surface area (Å²) in [5.41, 5.74) is 5.82. The van der Waals surface area contributed by atoms with Gasteiger partial charge in [-0.1, -0.05) is 140 Å². The molecule has 3 amide bonds. The highest BCUT2D eigenvalue weighted by molar-refractivity contribution is 8.00. The normalized spacial score (nSPS) is 12.8. The zero-order chi connectivity index (χ0) is 38.1. The third-order valence-corrected chi connectivity index (χ3v) is 11.2. The van der Waals surface area contributed by atoms with Crippen molar-refractivity contribution in [2.45, 2.75) is 36.1 Å². The molecular formula is C44H43N3O6S. The average Bonchev–Trinajstić information content (AvgIpc) is 3.53. The fraction of sp³-hybridized carbons (Fsp3) is 0.227. The second-order valence-electron chi connectivity index (χ2n) is 13.5. The van der Waals surface area contributed by atoms with Crippen molar-refractivity contribution in [3.05, 3.63) is 167 Å². The zero-order valence-corrected chi connectivity index (χ0v) is 31.2. The van der Waals surface area contributed by atoms with Crippen LogP contribution >= 0.6 is 11.8 Å². The van der Waals surface area contributed by atoms with Gasteiger partial charge in [-0.05, 0) is 52.8 Å². The maximum atomic E-state index is 14.2. The predicted octanol–water partition coefficient (Wildman–Crippen LogP) is 6.80. The van der Waals surface area contributed by atoms with E-state index in [-0.39, 0.29) is 24.8 Å². The van der Waals surface area contributed by atoms with Gasteiger partial charge in [-0.2, -0.15) is 0 Å². The van der Waals surface area contributed by atoms with Gasteiger partial charge in [-0.15, -0.1) is 11.8 Å². The minimum absolute atomic E-state index is 0.0603. The van der Waals surface area contributed by atoms with Gasteiger partial charge >= 0.3 is 12.1 Å². The standard InChI is InChI=1S/C44H43N3O6S/c1-43(2,41(50)45-27-39(48)52-3)47-40(49)38(46-42(51)53-28-37-35-25-15-13-23-33(35)34-24-14-16-26-36(34)37)29-54-44(30-17-7-4-8-18-30,31-19-9-5-10-20-31)32-21-11-6-12-22-32/h4-26,37-38H,27-29H2,1-3H3,(H,45,50)(H,46,51)(H,47,49)/t38-/m1/s1. The van der Waals surface area contributed by atoms with Crippen molar-refractivity contribution < 1.29 is 28.7 Å². The number of ether oxygens (including phenoxy) is 2. The van der Waals surface area contributed by atoms with Crippen molar-refractivity contribution >= 4 is 35.6 Å². The van der Waals surface area contributed by atoms with E-state index in [0.29, 0.717) is 0 Å². The number of fused-ring (bicyclic) bond motifs is 3. The van der Waals surface area contributed by atoms with Crippen LogP contribution in [0, 0.1) is 0 Å². The molecule has 0 fully saturated rings. The fourth-order valence-corrected chi connectivity index (χ4v) is 8.40. The molecule has 1 aliphatic rings. The molecule has 1 aliphatic carbocycles. The van der Waals surface area contributed by atoms with E-state index in [9.17, 15) is 19.2 Å². The first kappa shape index (κ1) is 37.9. The molecule has 1 atom stereocenters. The van der Waals surface area contributed by atoms with Crippen molar-refractivity contribution in [3.63, 3.8) is 0 Å². The number of thioether (sulfide) groups is 1. The van der Waals surface area contributed by atoms with Gasteiger partial charge in [0.25, 0.3) is 0 Å². The lowest BCUT2D eigenvalue weighted by atomic mass is 9.84. The number of carbonyl (C=O) groups is 4. The number of esters is 1. The van der Waals surface area contributed by atoms with Crippen LogP contribution in [-0.2, 0) is 28.6 Å². The average molecular weight is 742 g/mol. The minimum atomic E-state index is -1.45. The highest BCUT2D eigenvalue weighted by atomic mass is 32.2. The third kappa shape index (κ3) is 8.19. The Kier molecular flexibility index (Phi) is 11.8. The van der Waals surface area contributed by atoms with E-state index >= 15 is 0 Å². The van der Waals surface area contributed by atoms with Crippen LogP contribution in [0.1, 0.15) is 47.6 Å². The van der Waals surface area contributed by atoms with Crippen LogP contribution in [0.3, 0.4) is 0 Å². The van der Waals surface area contributed by atoms with E-state index in [4.69, 9.17) is 4.74 Å². The molecule has 276 valence electrons. The number of hydrogen-bond donors (Lipinski definition) is 3. The Morgan fingerprint density at radius 3 is 1.63 bits per heavy atom. The predicted molar refractivity (Wildman–Crippen MR) is 211 cm³/mol. The molecule has 0 aromatic heterocycles. The van der Waals surface area contributed by atoms with Crippen LogP contribution in [0.5, 0.6) is 0 Å². The Hall–Kier alpha value is -5.87. The Labute approximate surface area is 319 Å². The van der Waals surface area contributed by atoms with Crippen LogP contribution in [0.15, 0.2) is 140 Å². The lowest BCUT2D eigenvalue weighted by Crippen LogP contribution is -2.60. The Balaban J connectivity index is 1.29. The summed E-state index contributed by atoms with van der Waals surface area (Å²) in [6.07, 6.45) is -0.768. The monoisotopic (exact) mass is 741 g/mol. The van der Waals surface area contributed by atoms with Gasteiger partial charge in [-0.3, -0.25) is 14.4 Å². The molecule has 0 heterocycles. The summed E-state index contributed by atoms with van der Waals surface area (Å²) in [6.45, 7) is 2.75. The highest BCUT2D eigenvalue weighted by Crippen LogP contribution is 2.49. The third-order valence-electron chi connectivity index (χ3n) is 9.58. The molecule has 10 heteroatoms. The molecule has 0 unspecified atom stereocenters. The van der Waals surface area contributed by atoms with Gasteiger partial charge in [0.2, 0.25) is 11.8 Å². The first-order valence-corrected chi connectivity index (χ1v) is 18.7. The van der Waals surface area contributed by atoms with Gasteiger partial charge in [0.05, 0.1) is 11.9 Å². The molecule has 9 nitrogen and oxygen atoms in total. The van der Waals surface area contributed by atoms with Crippen molar-refractivity contribution in [1.29, 1.82) is 0 Å². The number of alkyl carbamates (subject to hydrolysis) is 1. The van der Waals surface area contributed by atoms with Crippen LogP contribution in [0.25, 0.3) is 11.1 Å². The van der Waals surface area contributed by atoms with E-state index in [1.54, 1.807) is 0 Å². The van der Waals surface area contributed by atoms with E-state index in [0.717, 1.165) is 38.9 Å². The summed E-state index contributed by atoms with van der Waals surface area (Å²) in [4.78, 5) is 52.8. The van der Waals surface area contributed by atoms with Gasteiger partial charge in [0.15, 0.2) is 0 Å². The molecule has 0 saturated heterocycles. The Morgan fingerprint density at radius 2 is 1.15 bits per heavy atom. The van der Waals surface area contributed by atoms with Crippen molar-refractivity contribution in [2.75, 3.05) is 26.0 Å². The smallest absolute Gasteiger partial charge is 0.407 e. The Bertz CT molecular complexity index is 1950. The number of hydrogen-bond acceptors (Lipinski definition) is 7. The largest absolute Gasteiger partial charge is 0.468 e. The number of methoxy groups -OCH3 is 1. The minimum Gasteiger partial charge on any atom is -0.468 e. The van der Waals surface area contributed by atoms with E-state index in [1.165, 1.54) is 32.7 Å².